The zero-order chi connectivity index (χ0) is 15.9. The average molecular weight is 298 g/mol. The molecule has 0 saturated heterocycles. The van der Waals surface area contributed by atoms with Gasteiger partial charge in [-0.25, -0.2) is 0 Å². The number of hydrogen-bond acceptors (Lipinski definition) is 2. The van der Waals surface area contributed by atoms with Crippen LogP contribution in [0.25, 0.3) is 0 Å². The Morgan fingerprint density at radius 2 is 2.36 bits per heavy atom. The summed E-state index contributed by atoms with van der Waals surface area (Å²) < 4.78 is 0. The molecule has 0 N–H and O–H groups in total. The topological polar surface area (TPSA) is 33.2 Å². The number of pyridine rings is 1. The van der Waals surface area contributed by atoms with Gasteiger partial charge in [-0.05, 0) is 37.8 Å². The maximum atomic E-state index is 13.1. The number of unbranched alkanes of at least 4 members (excludes halogenated alkanes) is 1. The van der Waals surface area contributed by atoms with Crippen LogP contribution in [0.15, 0.2) is 43.3 Å². The summed E-state index contributed by atoms with van der Waals surface area (Å²) >= 11 is 0. The zero-order valence-electron chi connectivity index (χ0n) is 13.7. The number of carbonyl (C=O) groups excluding carboxylic acids is 1. The SMILES string of the molecule is C=CC[C@H]1CC=C[C@H](CCCC)N1C(=O)c1cnccc1C. The van der Waals surface area contributed by atoms with Crippen molar-refractivity contribution in [2.45, 2.75) is 58.0 Å². The lowest BCUT2D eigenvalue weighted by Gasteiger charge is -2.39. The summed E-state index contributed by atoms with van der Waals surface area (Å²) in [7, 11) is 0. The van der Waals surface area contributed by atoms with E-state index in [1.807, 2.05) is 19.1 Å². The first-order valence-corrected chi connectivity index (χ1v) is 8.19. The van der Waals surface area contributed by atoms with E-state index in [0.717, 1.165) is 37.7 Å². The Morgan fingerprint density at radius 3 is 3.05 bits per heavy atom. The van der Waals surface area contributed by atoms with Crippen molar-refractivity contribution in [2.24, 2.45) is 0 Å². The Hall–Kier alpha value is -1.90. The molecule has 3 nitrogen and oxygen atoms in total. The summed E-state index contributed by atoms with van der Waals surface area (Å²) in [5, 5.41) is 0. The van der Waals surface area contributed by atoms with Crippen LogP contribution in [0.2, 0.25) is 0 Å². The van der Waals surface area contributed by atoms with Gasteiger partial charge in [0, 0.05) is 18.4 Å². The quantitative estimate of drug-likeness (QED) is 0.734. The molecule has 0 spiro atoms. The van der Waals surface area contributed by atoms with Crippen molar-refractivity contribution in [3.05, 3.63) is 54.4 Å². The van der Waals surface area contributed by atoms with Gasteiger partial charge < -0.3 is 4.90 Å². The first-order valence-electron chi connectivity index (χ1n) is 8.19. The highest BCUT2D eigenvalue weighted by Gasteiger charge is 2.31. The minimum atomic E-state index is 0.0999. The highest BCUT2D eigenvalue weighted by Crippen LogP contribution is 2.26. The Kier molecular flexibility index (Phi) is 5.93. The van der Waals surface area contributed by atoms with Gasteiger partial charge in [0.05, 0.1) is 11.6 Å². The maximum Gasteiger partial charge on any atom is 0.256 e. The van der Waals surface area contributed by atoms with Crippen LogP contribution in [0.1, 0.15) is 54.9 Å². The molecule has 0 bridgehead atoms. The van der Waals surface area contributed by atoms with Gasteiger partial charge in [-0.15, -0.1) is 6.58 Å². The predicted molar refractivity (Wildman–Crippen MR) is 90.8 cm³/mol. The molecule has 118 valence electrons. The van der Waals surface area contributed by atoms with E-state index in [1.165, 1.54) is 0 Å². The molecule has 0 aliphatic carbocycles. The van der Waals surface area contributed by atoms with E-state index < -0.39 is 0 Å². The molecule has 1 aromatic rings. The third-order valence-electron chi connectivity index (χ3n) is 4.31. The fourth-order valence-corrected chi connectivity index (χ4v) is 3.06. The molecule has 0 radical (unpaired) electrons. The van der Waals surface area contributed by atoms with Crippen LogP contribution >= 0.6 is 0 Å². The lowest BCUT2D eigenvalue weighted by atomic mass is 9.95. The van der Waals surface area contributed by atoms with Gasteiger partial charge in [-0.2, -0.15) is 0 Å². The molecular weight excluding hydrogens is 272 g/mol. The van der Waals surface area contributed by atoms with Crippen molar-refractivity contribution >= 4 is 5.91 Å². The number of aryl methyl sites for hydroxylation is 1. The molecule has 1 aromatic heterocycles. The van der Waals surface area contributed by atoms with E-state index >= 15 is 0 Å². The monoisotopic (exact) mass is 298 g/mol. The summed E-state index contributed by atoms with van der Waals surface area (Å²) in [5.74, 6) is 0.0999. The minimum Gasteiger partial charge on any atom is -0.329 e. The molecule has 3 heteroatoms. The van der Waals surface area contributed by atoms with E-state index in [1.54, 1.807) is 12.4 Å². The summed E-state index contributed by atoms with van der Waals surface area (Å²) in [4.78, 5) is 19.3. The third kappa shape index (κ3) is 3.65. The molecule has 0 saturated carbocycles. The van der Waals surface area contributed by atoms with Gasteiger partial charge in [0.25, 0.3) is 5.91 Å². The fraction of sp³-hybridized carbons (Fsp3) is 0.474. The van der Waals surface area contributed by atoms with Crippen molar-refractivity contribution in [1.29, 1.82) is 0 Å². The molecule has 0 fully saturated rings. The normalized spacial score (nSPS) is 20.9. The fourth-order valence-electron chi connectivity index (χ4n) is 3.06. The van der Waals surface area contributed by atoms with Crippen LogP contribution in [-0.2, 0) is 0 Å². The van der Waals surface area contributed by atoms with Crippen molar-refractivity contribution in [1.82, 2.24) is 9.88 Å². The van der Waals surface area contributed by atoms with Crippen LogP contribution in [0.4, 0.5) is 0 Å². The van der Waals surface area contributed by atoms with Crippen LogP contribution in [0.3, 0.4) is 0 Å². The number of carbonyl (C=O) groups is 1. The van der Waals surface area contributed by atoms with Gasteiger partial charge in [0.1, 0.15) is 0 Å². The van der Waals surface area contributed by atoms with Crippen molar-refractivity contribution in [2.75, 3.05) is 0 Å². The van der Waals surface area contributed by atoms with Crippen molar-refractivity contribution in [3.8, 4) is 0 Å². The lowest BCUT2D eigenvalue weighted by Crippen LogP contribution is -2.48. The number of amides is 1. The van der Waals surface area contributed by atoms with Gasteiger partial charge in [-0.3, -0.25) is 9.78 Å². The average Bonchev–Trinajstić information content (AvgIpc) is 2.53. The Labute approximate surface area is 133 Å². The third-order valence-corrected chi connectivity index (χ3v) is 4.31. The van der Waals surface area contributed by atoms with Crippen LogP contribution < -0.4 is 0 Å². The molecule has 1 aliphatic heterocycles. The number of rotatable bonds is 6. The van der Waals surface area contributed by atoms with Crippen molar-refractivity contribution in [3.63, 3.8) is 0 Å². The predicted octanol–water partition coefficient (Wildman–Crippen LogP) is 4.30. The Balaban J connectivity index is 2.30. The highest BCUT2D eigenvalue weighted by molar-refractivity contribution is 5.96. The van der Waals surface area contributed by atoms with Gasteiger partial charge in [-0.1, -0.05) is 38.0 Å². The second kappa shape index (κ2) is 7.92. The molecule has 2 heterocycles. The first kappa shape index (κ1) is 16.5. The standard InChI is InChI=1S/C19H26N2O/c1-4-6-9-17-11-7-10-16(8-5-2)21(17)19(22)18-14-20-13-12-15(18)3/h5,7,11-14,16-17H,2,4,6,8-10H2,1,3H3/t16-,17-/m0/s1. The summed E-state index contributed by atoms with van der Waals surface area (Å²) in [6.07, 6.45) is 14.8. The molecular formula is C19H26N2O. The number of aromatic nitrogens is 1. The smallest absolute Gasteiger partial charge is 0.256 e. The molecule has 22 heavy (non-hydrogen) atoms. The summed E-state index contributed by atoms with van der Waals surface area (Å²) in [6.45, 7) is 8.01. The molecule has 0 unspecified atom stereocenters. The van der Waals surface area contributed by atoms with Crippen LogP contribution in [0.5, 0.6) is 0 Å². The molecule has 1 amide bonds. The molecule has 1 aliphatic rings. The summed E-state index contributed by atoms with van der Waals surface area (Å²) in [6, 6.07) is 2.29. The Morgan fingerprint density at radius 1 is 1.55 bits per heavy atom. The van der Waals surface area contributed by atoms with Crippen LogP contribution in [0, 0.1) is 6.92 Å². The van der Waals surface area contributed by atoms with E-state index in [9.17, 15) is 4.79 Å². The Bertz CT molecular complexity index is 550. The maximum absolute atomic E-state index is 13.1. The summed E-state index contributed by atoms with van der Waals surface area (Å²) in [5.41, 5.74) is 1.70. The van der Waals surface area contributed by atoms with E-state index in [-0.39, 0.29) is 18.0 Å². The van der Waals surface area contributed by atoms with Crippen molar-refractivity contribution < 1.29 is 4.79 Å². The zero-order valence-corrected chi connectivity index (χ0v) is 13.7. The molecule has 0 aromatic carbocycles. The second-order valence-corrected chi connectivity index (χ2v) is 5.95. The van der Waals surface area contributed by atoms with E-state index in [0.29, 0.717) is 5.56 Å². The van der Waals surface area contributed by atoms with Crippen LogP contribution in [-0.4, -0.2) is 27.9 Å². The van der Waals surface area contributed by atoms with E-state index in [4.69, 9.17) is 0 Å². The van der Waals surface area contributed by atoms with Gasteiger partial charge >= 0.3 is 0 Å². The highest BCUT2D eigenvalue weighted by atomic mass is 16.2. The van der Waals surface area contributed by atoms with Gasteiger partial charge in [0.2, 0.25) is 0 Å². The largest absolute Gasteiger partial charge is 0.329 e. The number of hydrogen-bond donors (Lipinski definition) is 0. The first-order chi connectivity index (χ1) is 10.7. The second-order valence-electron chi connectivity index (χ2n) is 5.95. The molecule has 2 atom stereocenters. The molecule has 2 rings (SSSR count). The number of nitrogens with zero attached hydrogens (tertiary/aromatic N) is 2. The minimum absolute atomic E-state index is 0.0999. The lowest BCUT2D eigenvalue weighted by molar-refractivity contribution is 0.0592. The van der Waals surface area contributed by atoms with E-state index in [2.05, 4.69) is 35.5 Å². The van der Waals surface area contributed by atoms with Gasteiger partial charge in [0.15, 0.2) is 0 Å².